The second-order valence-electron chi connectivity index (χ2n) is 6.93. The van der Waals surface area contributed by atoms with Crippen LogP contribution >= 0.6 is 0 Å². The van der Waals surface area contributed by atoms with Crippen LogP contribution in [-0.2, 0) is 6.54 Å². The monoisotopic (exact) mass is 352 g/mol. The Morgan fingerprint density at radius 3 is 2.96 bits per heavy atom. The average molecular weight is 352 g/mol. The predicted octanol–water partition coefficient (Wildman–Crippen LogP) is 3.38. The standard InChI is InChI=1S/C20H24N4O2/c1-13-12-22-19(14-4-3-5-14)24(13)9-8-21-20(25)18-11-15-10-16(26-2)6-7-17(15)23-18/h6-7,10-12,14,23H,3-5,8-9H2,1-2H3,(H,21,25). The van der Waals surface area contributed by atoms with E-state index in [1.54, 1.807) is 7.11 Å². The number of amides is 1. The van der Waals surface area contributed by atoms with Crippen LogP contribution < -0.4 is 10.1 Å². The number of aryl methyl sites for hydroxylation is 1. The summed E-state index contributed by atoms with van der Waals surface area (Å²) in [6.45, 7) is 3.40. The van der Waals surface area contributed by atoms with Gasteiger partial charge in [-0.3, -0.25) is 4.79 Å². The Labute approximate surface area is 152 Å². The van der Waals surface area contributed by atoms with E-state index >= 15 is 0 Å². The van der Waals surface area contributed by atoms with Crippen LogP contribution in [0.3, 0.4) is 0 Å². The van der Waals surface area contributed by atoms with Gasteiger partial charge in [0.25, 0.3) is 5.91 Å². The first-order valence-corrected chi connectivity index (χ1v) is 9.12. The molecule has 6 nitrogen and oxygen atoms in total. The number of nitrogens with zero attached hydrogens (tertiary/aromatic N) is 2. The lowest BCUT2D eigenvalue weighted by Gasteiger charge is -2.26. The van der Waals surface area contributed by atoms with E-state index in [1.165, 1.54) is 25.1 Å². The molecule has 136 valence electrons. The highest BCUT2D eigenvalue weighted by atomic mass is 16.5. The number of carbonyl (C=O) groups excluding carboxylic acids is 1. The summed E-state index contributed by atoms with van der Waals surface area (Å²) in [5.74, 6) is 2.44. The Kier molecular flexibility index (Phi) is 4.41. The van der Waals surface area contributed by atoms with Gasteiger partial charge in [0.05, 0.1) is 7.11 Å². The highest BCUT2D eigenvalue weighted by Crippen LogP contribution is 2.35. The van der Waals surface area contributed by atoms with Crippen LogP contribution in [0, 0.1) is 6.92 Å². The number of fused-ring (bicyclic) bond motifs is 1. The Hall–Kier alpha value is -2.76. The maximum atomic E-state index is 12.5. The predicted molar refractivity (Wildman–Crippen MR) is 101 cm³/mol. The van der Waals surface area contributed by atoms with E-state index in [0.29, 0.717) is 18.2 Å². The quantitative estimate of drug-likeness (QED) is 0.714. The number of imidazole rings is 1. The highest BCUT2D eigenvalue weighted by Gasteiger charge is 2.24. The average Bonchev–Trinajstić information content (AvgIpc) is 3.17. The number of carbonyl (C=O) groups is 1. The molecule has 0 bridgehead atoms. The molecule has 1 amide bonds. The number of methoxy groups -OCH3 is 1. The molecule has 1 aliphatic carbocycles. The van der Waals surface area contributed by atoms with Crippen LogP contribution in [0.2, 0.25) is 0 Å². The van der Waals surface area contributed by atoms with Gasteiger partial charge in [-0.1, -0.05) is 6.42 Å². The maximum Gasteiger partial charge on any atom is 0.267 e. The fraction of sp³-hybridized carbons (Fsp3) is 0.400. The molecule has 1 aromatic carbocycles. The molecule has 1 fully saturated rings. The van der Waals surface area contributed by atoms with Gasteiger partial charge in [0, 0.05) is 41.8 Å². The molecule has 6 heteroatoms. The number of aromatic nitrogens is 3. The van der Waals surface area contributed by atoms with Crippen LogP contribution in [0.1, 0.15) is 47.2 Å². The lowest BCUT2D eigenvalue weighted by molar-refractivity contribution is 0.0948. The van der Waals surface area contributed by atoms with Crippen LogP contribution in [0.4, 0.5) is 0 Å². The Morgan fingerprint density at radius 1 is 1.38 bits per heavy atom. The van der Waals surface area contributed by atoms with Gasteiger partial charge in [0.2, 0.25) is 0 Å². The van der Waals surface area contributed by atoms with E-state index < -0.39 is 0 Å². The number of benzene rings is 1. The zero-order valence-electron chi connectivity index (χ0n) is 15.2. The zero-order valence-corrected chi connectivity index (χ0v) is 15.2. The van der Waals surface area contributed by atoms with Gasteiger partial charge < -0.3 is 19.6 Å². The Morgan fingerprint density at radius 2 is 2.23 bits per heavy atom. The zero-order chi connectivity index (χ0) is 18.1. The van der Waals surface area contributed by atoms with Crippen molar-refractivity contribution in [3.63, 3.8) is 0 Å². The molecule has 26 heavy (non-hydrogen) atoms. The summed E-state index contributed by atoms with van der Waals surface area (Å²) in [4.78, 5) is 20.2. The number of rotatable bonds is 6. The van der Waals surface area contributed by atoms with Crippen LogP contribution in [0.15, 0.2) is 30.5 Å². The van der Waals surface area contributed by atoms with Crippen molar-refractivity contribution >= 4 is 16.8 Å². The lowest BCUT2D eigenvalue weighted by atomic mass is 9.85. The summed E-state index contributed by atoms with van der Waals surface area (Å²) in [6, 6.07) is 7.58. The molecule has 0 saturated heterocycles. The molecule has 3 aromatic rings. The van der Waals surface area contributed by atoms with Crippen LogP contribution in [0.25, 0.3) is 10.9 Å². The molecular weight excluding hydrogens is 328 g/mol. The molecule has 1 saturated carbocycles. The third-order valence-electron chi connectivity index (χ3n) is 5.25. The third kappa shape index (κ3) is 3.07. The smallest absolute Gasteiger partial charge is 0.267 e. The van der Waals surface area contributed by atoms with Gasteiger partial charge in [-0.25, -0.2) is 4.98 Å². The van der Waals surface area contributed by atoms with E-state index in [-0.39, 0.29) is 5.91 Å². The van der Waals surface area contributed by atoms with Crippen molar-refractivity contribution < 1.29 is 9.53 Å². The Balaban J connectivity index is 1.41. The van der Waals surface area contributed by atoms with Crippen molar-refractivity contribution in [1.29, 1.82) is 0 Å². The van der Waals surface area contributed by atoms with Crippen LogP contribution in [-0.4, -0.2) is 34.1 Å². The Bertz CT molecular complexity index is 937. The fourth-order valence-corrected chi connectivity index (χ4v) is 3.50. The normalized spacial score (nSPS) is 14.4. The third-order valence-corrected chi connectivity index (χ3v) is 5.25. The fourth-order valence-electron chi connectivity index (χ4n) is 3.50. The molecule has 2 aromatic heterocycles. The molecule has 2 N–H and O–H groups in total. The molecule has 0 unspecified atom stereocenters. The molecule has 4 rings (SSSR count). The molecule has 0 aliphatic heterocycles. The van der Waals surface area contributed by atoms with Gasteiger partial charge in [-0.15, -0.1) is 0 Å². The largest absolute Gasteiger partial charge is 0.497 e. The maximum absolute atomic E-state index is 12.5. The number of hydrogen-bond donors (Lipinski definition) is 2. The number of hydrogen-bond acceptors (Lipinski definition) is 3. The summed E-state index contributed by atoms with van der Waals surface area (Å²) in [7, 11) is 1.64. The molecular formula is C20H24N4O2. The molecule has 0 atom stereocenters. The molecule has 2 heterocycles. The summed E-state index contributed by atoms with van der Waals surface area (Å²) in [5.41, 5.74) is 2.64. The minimum Gasteiger partial charge on any atom is -0.497 e. The van der Waals surface area contributed by atoms with E-state index in [0.717, 1.165) is 28.9 Å². The second kappa shape index (κ2) is 6.86. The van der Waals surface area contributed by atoms with Gasteiger partial charge in [-0.2, -0.15) is 0 Å². The van der Waals surface area contributed by atoms with Crippen molar-refractivity contribution in [1.82, 2.24) is 19.9 Å². The molecule has 0 radical (unpaired) electrons. The van der Waals surface area contributed by atoms with Crippen molar-refractivity contribution in [3.8, 4) is 5.75 Å². The number of nitrogens with one attached hydrogen (secondary N) is 2. The van der Waals surface area contributed by atoms with Crippen LogP contribution in [0.5, 0.6) is 5.75 Å². The first-order chi connectivity index (χ1) is 12.7. The molecule has 1 aliphatic rings. The second-order valence-corrected chi connectivity index (χ2v) is 6.93. The van der Waals surface area contributed by atoms with Gasteiger partial charge in [-0.05, 0) is 44.0 Å². The minimum absolute atomic E-state index is 0.0943. The lowest BCUT2D eigenvalue weighted by Crippen LogP contribution is -2.28. The summed E-state index contributed by atoms with van der Waals surface area (Å²) in [6.07, 6.45) is 5.67. The first kappa shape index (κ1) is 16.7. The summed E-state index contributed by atoms with van der Waals surface area (Å²) >= 11 is 0. The van der Waals surface area contributed by atoms with Gasteiger partial charge in [0.15, 0.2) is 0 Å². The first-order valence-electron chi connectivity index (χ1n) is 9.12. The van der Waals surface area contributed by atoms with Gasteiger partial charge in [0.1, 0.15) is 17.3 Å². The van der Waals surface area contributed by atoms with Gasteiger partial charge >= 0.3 is 0 Å². The summed E-state index contributed by atoms with van der Waals surface area (Å²) < 4.78 is 7.47. The molecule has 0 spiro atoms. The van der Waals surface area contributed by atoms with E-state index in [9.17, 15) is 4.79 Å². The highest BCUT2D eigenvalue weighted by molar-refractivity contribution is 5.98. The minimum atomic E-state index is -0.0943. The van der Waals surface area contributed by atoms with Crippen molar-refractivity contribution in [2.24, 2.45) is 0 Å². The number of H-pyrrole nitrogens is 1. The van der Waals surface area contributed by atoms with Crippen molar-refractivity contribution in [2.75, 3.05) is 13.7 Å². The number of aromatic amines is 1. The topological polar surface area (TPSA) is 71.9 Å². The van der Waals surface area contributed by atoms with E-state index in [2.05, 4.69) is 26.8 Å². The van der Waals surface area contributed by atoms with Crippen molar-refractivity contribution in [3.05, 3.63) is 47.7 Å². The summed E-state index contributed by atoms with van der Waals surface area (Å²) in [5, 5.41) is 3.97. The van der Waals surface area contributed by atoms with E-state index in [4.69, 9.17) is 4.74 Å². The van der Waals surface area contributed by atoms with Crippen molar-refractivity contribution in [2.45, 2.75) is 38.6 Å². The van der Waals surface area contributed by atoms with E-state index in [1.807, 2.05) is 30.5 Å². The SMILES string of the molecule is COc1ccc2[nH]c(C(=O)NCCn3c(C)cnc3C3CCC3)cc2c1. The number of ether oxygens (including phenoxy) is 1.